The number of amides is 1. The molecule has 0 saturated carbocycles. The molecule has 3 aromatic carbocycles. The number of nitrogens with one attached hydrogen (secondary N) is 1. The largest absolute Gasteiger partial charge is 0.490 e. The SMILES string of the molecule is O=C(Nc1ccccc1F)OCCOc1ccc(-c2ccccc2)cc1. The van der Waals surface area contributed by atoms with Crippen molar-refractivity contribution in [1.29, 1.82) is 0 Å². The highest BCUT2D eigenvalue weighted by atomic mass is 19.1. The average molecular weight is 351 g/mol. The van der Waals surface area contributed by atoms with Crippen LogP contribution >= 0.6 is 0 Å². The minimum absolute atomic E-state index is 0.0563. The van der Waals surface area contributed by atoms with Crippen molar-refractivity contribution in [1.82, 2.24) is 0 Å². The lowest BCUT2D eigenvalue weighted by Gasteiger charge is -2.09. The average Bonchev–Trinajstić information content (AvgIpc) is 2.68. The first-order valence-electron chi connectivity index (χ1n) is 8.19. The summed E-state index contributed by atoms with van der Waals surface area (Å²) in [7, 11) is 0. The molecule has 3 aromatic rings. The number of rotatable bonds is 6. The number of halogens is 1. The fourth-order valence-corrected chi connectivity index (χ4v) is 2.38. The Kier molecular flexibility index (Phi) is 5.83. The van der Waals surface area contributed by atoms with E-state index in [0.717, 1.165) is 11.1 Å². The van der Waals surface area contributed by atoms with E-state index in [0.29, 0.717) is 5.75 Å². The zero-order valence-electron chi connectivity index (χ0n) is 14.0. The fourth-order valence-electron chi connectivity index (χ4n) is 2.38. The van der Waals surface area contributed by atoms with Gasteiger partial charge in [-0.05, 0) is 35.4 Å². The Hall–Kier alpha value is -3.34. The molecule has 0 fully saturated rings. The first-order chi connectivity index (χ1) is 12.7. The lowest BCUT2D eigenvalue weighted by atomic mass is 10.1. The number of carbonyl (C=O) groups is 1. The Morgan fingerprint density at radius 1 is 0.808 bits per heavy atom. The summed E-state index contributed by atoms with van der Waals surface area (Å²) in [5.74, 6) is 0.169. The highest BCUT2D eigenvalue weighted by Gasteiger charge is 2.07. The van der Waals surface area contributed by atoms with Crippen molar-refractivity contribution in [3.8, 4) is 16.9 Å². The zero-order valence-corrected chi connectivity index (χ0v) is 14.0. The van der Waals surface area contributed by atoms with Gasteiger partial charge in [0.25, 0.3) is 0 Å². The molecule has 0 aliphatic heterocycles. The Bertz CT molecular complexity index is 851. The smallest absolute Gasteiger partial charge is 0.411 e. The number of hydrogen-bond acceptors (Lipinski definition) is 3. The van der Waals surface area contributed by atoms with Crippen LogP contribution in [0.15, 0.2) is 78.9 Å². The number of anilines is 1. The van der Waals surface area contributed by atoms with E-state index in [1.165, 1.54) is 12.1 Å². The molecule has 0 atom stereocenters. The van der Waals surface area contributed by atoms with Crippen LogP contribution in [-0.4, -0.2) is 19.3 Å². The predicted octanol–water partition coefficient (Wildman–Crippen LogP) is 5.12. The minimum atomic E-state index is -0.724. The zero-order chi connectivity index (χ0) is 18.2. The molecule has 0 spiro atoms. The van der Waals surface area contributed by atoms with E-state index in [-0.39, 0.29) is 18.9 Å². The van der Waals surface area contributed by atoms with Gasteiger partial charge in [-0.1, -0.05) is 54.6 Å². The number of para-hydroxylation sites is 1. The quantitative estimate of drug-likeness (QED) is 0.627. The summed E-state index contributed by atoms with van der Waals surface area (Å²) in [5.41, 5.74) is 2.31. The summed E-state index contributed by atoms with van der Waals surface area (Å²) in [4.78, 5) is 11.6. The Balaban J connectivity index is 1.42. The molecule has 0 aliphatic carbocycles. The monoisotopic (exact) mass is 351 g/mol. The van der Waals surface area contributed by atoms with Crippen molar-refractivity contribution in [3.05, 3.63) is 84.7 Å². The second-order valence-corrected chi connectivity index (χ2v) is 5.48. The van der Waals surface area contributed by atoms with Crippen LogP contribution in [0.5, 0.6) is 5.75 Å². The van der Waals surface area contributed by atoms with Crippen molar-refractivity contribution in [2.75, 3.05) is 18.5 Å². The number of carbonyl (C=O) groups excluding carboxylic acids is 1. The van der Waals surface area contributed by atoms with Crippen molar-refractivity contribution < 1.29 is 18.7 Å². The van der Waals surface area contributed by atoms with Crippen LogP contribution in [-0.2, 0) is 4.74 Å². The normalized spacial score (nSPS) is 10.2. The van der Waals surface area contributed by atoms with E-state index in [1.54, 1.807) is 12.1 Å². The van der Waals surface area contributed by atoms with E-state index < -0.39 is 11.9 Å². The molecule has 0 aliphatic rings. The van der Waals surface area contributed by atoms with Crippen molar-refractivity contribution >= 4 is 11.8 Å². The van der Waals surface area contributed by atoms with E-state index in [4.69, 9.17) is 9.47 Å². The topological polar surface area (TPSA) is 47.6 Å². The van der Waals surface area contributed by atoms with Crippen LogP contribution in [0.4, 0.5) is 14.9 Å². The van der Waals surface area contributed by atoms with Gasteiger partial charge in [0.1, 0.15) is 24.8 Å². The van der Waals surface area contributed by atoms with E-state index in [9.17, 15) is 9.18 Å². The number of hydrogen-bond donors (Lipinski definition) is 1. The van der Waals surface area contributed by atoms with Crippen molar-refractivity contribution in [2.45, 2.75) is 0 Å². The number of benzene rings is 3. The van der Waals surface area contributed by atoms with Gasteiger partial charge in [0.15, 0.2) is 0 Å². The van der Waals surface area contributed by atoms with E-state index in [2.05, 4.69) is 5.32 Å². The summed E-state index contributed by atoms with van der Waals surface area (Å²) >= 11 is 0. The van der Waals surface area contributed by atoms with Crippen LogP contribution < -0.4 is 10.1 Å². The van der Waals surface area contributed by atoms with Gasteiger partial charge in [0.2, 0.25) is 0 Å². The van der Waals surface area contributed by atoms with Gasteiger partial charge in [-0.3, -0.25) is 5.32 Å². The highest BCUT2D eigenvalue weighted by Crippen LogP contribution is 2.22. The maximum atomic E-state index is 13.4. The molecular formula is C21H18FNO3. The molecule has 26 heavy (non-hydrogen) atoms. The Labute approximate surface area is 151 Å². The third kappa shape index (κ3) is 4.83. The second kappa shape index (κ2) is 8.67. The molecule has 0 bridgehead atoms. The van der Waals surface area contributed by atoms with E-state index >= 15 is 0 Å². The van der Waals surface area contributed by atoms with Gasteiger partial charge in [-0.15, -0.1) is 0 Å². The van der Waals surface area contributed by atoms with Gasteiger partial charge >= 0.3 is 6.09 Å². The van der Waals surface area contributed by atoms with Crippen molar-refractivity contribution in [3.63, 3.8) is 0 Å². The first-order valence-corrected chi connectivity index (χ1v) is 8.19. The molecule has 1 N–H and O–H groups in total. The summed E-state index contributed by atoms with van der Waals surface area (Å²) < 4.78 is 23.9. The highest BCUT2D eigenvalue weighted by molar-refractivity contribution is 5.84. The maximum Gasteiger partial charge on any atom is 0.411 e. The van der Waals surface area contributed by atoms with Crippen LogP contribution in [0.2, 0.25) is 0 Å². The molecule has 1 amide bonds. The van der Waals surface area contributed by atoms with Gasteiger partial charge < -0.3 is 9.47 Å². The van der Waals surface area contributed by atoms with Crippen LogP contribution in [0.1, 0.15) is 0 Å². The van der Waals surface area contributed by atoms with Gasteiger partial charge in [0, 0.05) is 0 Å². The van der Waals surface area contributed by atoms with Gasteiger partial charge in [-0.25, -0.2) is 9.18 Å². The third-order valence-corrected chi connectivity index (χ3v) is 3.66. The van der Waals surface area contributed by atoms with Crippen LogP contribution in [0, 0.1) is 5.82 Å². The minimum Gasteiger partial charge on any atom is -0.490 e. The molecule has 132 valence electrons. The summed E-state index contributed by atoms with van der Waals surface area (Å²) in [5, 5.41) is 2.34. The second-order valence-electron chi connectivity index (χ2n) is 5.48. The molecule has 0 radical (unpaired) electrons. The van der Waals surface area contributed by atoms with Crippen LogP contribution in [0.25, 0.3) is 11.1 Å². The summed E-state index contributed by atoms with van der Waals surface area (Å²) in [6.45, 7) is 0.260. The lowest BCUT2D eigenvalue weighted by Crippen LogP contribution is -2.18. The molecule has 0 unspecified atom stereocenters. The van der Waals surface area contributed by atoms with E-state index in [1.807, 2.05) is 54.6 Å². The third-order valence-electron chi connectivity index (χ3n) is 3.66. The van der Waals surface area contributed by atoms with Gasteiger partial charge in [0.05, 0.1) is 5.69 Å². The predicted molar refractivity (Wildman–Crippen MR) is 98.7 cm³/mol. The fraction of sp³-hybridized carbons (Fsp3) is 0.0952. The molecule has 4 nitrogen and oxygen atoms in total. The number of ether oxygens (including phenoxy) is 2. The van der Waals surface area contributed by atoms with Crippen molar-refractivity contribution in [2.24, 2.45) is 0 Å². The summed E-state index contributed by atoms with van der Waals surface area (Å²) in [6.07, 6.45) is -0.724. The molecular weight excluding hydrogens is 333 g/mol. The maximum absolute atomic E-state index is 13.4. The molecule has 0 aromatic heterocycles. The van der Waals surface area contributed by atoms with Crippen LogP contribution in [0.3, 0.4) is 0 Å². The summed E-state index contributed by atoms with van der Waals surface area (Å²) in [6, 6.07) is 23.6. The Morgan fingerprint density at radius 2 is 1.46 bits per heavy atom. The molecule has 3 rings (SSSR count). The standard InChI is InChI=1S/C21H18FNO3/c22-19-8-4-5-9-20(19)23-21(24)26-15-14-25-18-12-10-17(11-13-18)16-6-2-1-3-7-16/h1-13H,14-15H2,(H,23,24). The van der Waals surface area contributed by atoms with Gasteiger partial charge in [-0.2, -0.15) is 0 Å². The Morgan fingerprint density at radius 3 is 2.19 bits per heavy atom. The first kappa shape index (κ1) is 17.5. The molecule has 5 heteroatoms. The molecule has 0 heterocycles. The molecule has 0 saturated heterocycles. The lowest BCUT2D eigenvalue weighted by molar-refractivity contribution is 0.137.